The lowest BCUT2D eigenvalue weighted by molar-refractivity contribution is 0.0696. The number of carboxylic acid groups (broad SMARTS) is 1. The maximum atomic E-state index is 11.4. The standard InChI is InChI=1S/C13H22N4O2/c1-9(2)16-5-7-17(8-6-16)12-11(13(18)19)10(3)14-15(12)4/h9H,5-8H2,1-4H3,(H,18,19). The van der Waals surface area contributed by atoms with E-state index in [1.165, 1.54) is 0 Å². The van der Waals surface area contributed by atoms with Crippen molar-refractivity contribution in [3.8, 4) is 0 Å². The summed E-state index contributed by atoms with van der Waals surface area (Å²) in [6.45, 7) is 9.73. The molecule has 0 atom stereocenters. The van der Waals surface area contributed by atoms with Crippen LogP contribution < -0.4 is 4.90 Å². The van der Waals surface area contributed by atoms with Gasteiger partial charge in [-0.15, -0.1) is 0 Å². The number of rotatable bonds is 3. The maximum Gasteiger partial charge on any atom is 0.341 e. The summed E-state index contributed by atoms with van der Waals surface area (Å²) in [5, 5.41) is 13.6. The van der Waals surface area contributed by atoms with Crippen molar-refractivity contribution in [2.24, 2.45) is 7.05 Å². The van der Waals surface area contributed by atoms with Crippen LogP contribution in [-0.2, 0) is 7.05 Å². The van der Waals surface area contributed by atoms with Crippen LogP contribution in [-0.4, -0.2) is 58.0 Å². The molecule has 106 valence electrons. The molecule has 0 saturated carbocycles. The van der Waals surface area contributed by atoms with Crippen LogP contribution in [0.3, 0.4) is 0 Å². The van der Waals surface area contributed by atoms with E-state index in [1.807, 2.05) is 7.05 Å². The van der Waals surface area contributed by atoms with E-state index in [0.29, 0.717) is 17.3 Å². The minimum atomic E-state index is -0.896. The second kappa shape index (κ2) is 5.21. The molecule has 1 aliphatic heterocycles. The number of anilines is 1. The Morgan fingerprint density at radius 1 is 1.26 bits per heavy atom. The fourth-order valence-electron chi connectivity index (χ4n) is 2.71. The van der Waals surface area contributed by atoms with E-state index in [9.17, 15) is 9.90 Å². The predicted octanol–water partition coefficient (Wildman–Crippen LogP) is 0.957. The number of carbonyl (C=O) groups is 1. The molecule has 0 amide bonds. The van der Waals surface area contributed by atoms with Gasteiger partial charge in [0.1, 0.15) is 11.4 Å². The third-order valence-corrected chi connectivity index (χ3v) is 3.75. The van der Waals surface area contributed by atoms with Crippen LogP contribution in [0.15, 0.2) is 0 Å². The van der Waals surface area contributed by atoms with E-state index in [1.54, 1.807) is 11.6 Å². The zero-order valence-electron chi connectivity index (χ0n) is 12.1. The average molecular weight is 266 g/mol. The smallest absolute Gasteiger partial charge is 0.341 e. The van der Waals surface area contributed by atoms with Gasteiger partial charge in [-0.25, -0.2) is 4.79 Å². The van der Waals surface area contributed by atoms with Gasteiger partial charge in [0.15, 0.2) is 0 Å². The molecule has 6 nitrogen and oxygen atoms in total. The monoisotopic (exact) mass is 266 g/mol. The highest BCUT2D eigenvalue weighted by molar-refractivity contribution is 5.94. The van der Waals surface area contributed by atoms with Crippen molar-refractivity contribution in [1.29, 1.82) is 0 Å². The number of piperazine rings is 1. The Morgan fingerprint density at radius 3 is 2.32 bits per heavy atom. The van der Waals surface area contributed by atoms with Gasteiger partial charge in [0.2, 0.25) is 0 Å². The molecule has 0 aliphatic carbocycles. The molecular weight excluding hydrogens is 244 g/mol. The van der Waals surface area contributed by atoms with Gasteiger partial charge in [-0.3, -0.25) is 9.58 Å². The lowest BCUT2D eigenvalue weighted by atomic mass is 10.2. The Bertz CT molecular complexity index is 473. The number of aromatic carboxylic acids is 1. The van der Waals surface area contributed by atoms with E-state index in [2.05, 4.69) is 28.7 Å². The van der Waals surface area contributed by atoms with Gasteiger partial charge in [0, 0.05) is 39.3 Å². The first-order valence-corrected chi connectivity index (χ1v) is 6.67. The molecule has 1 saturated heterocycles. The van der Waals surface area contributed by atoms with Crippen molar-refractivity contribution in [3.63, 3.8) is 0 Å². The fourth-order valence-corrected chi connectivity index (χ4v) is 2.71. The minimum absolute atomic E-state index is 0.334. The van der Waals surface area contributed by atoms with Crippen LogP contribution in [0.5, 0.6) is 0 Å². The van der Waals surface area contributed by atoms with Gasteiger partial charge in [-0.2, -0.15) is 5.10 Å². The number of nitrogens with zero attached hydrogens (tertiary/aromatic N) is 4. The van der Waals surface area contributed by atoms with Gasteiger partial charge in [0.05, 0.1) is 5.69 Å². The molecule has 0 spiro atoms. The molecule has 2 heterocycles. The van der Waals surface area contributed by atoms with Gasteiger partial charge >= 0.3 is 5.97 Å². The quantitative estimate of drug-likeness (QED) is 0.883. The van der Waals surface area contributed by atoms with Crippen LogP contribution in [0.25, 0.3) is 0 Å². The number of carboxylic acids is 1. The van der Waals surface area contributed by atoms with Gasteiger partial charge in [-0.05, 0) is 20.8 Å². The zero-order valence-corrected chi connectivity index (χ0v) is 12.1. The summed E-state index contributed by atoms with van der Waals surface area (Å²) in [6, 6.07) is 0.536. The van der Waals surface area contributed by atoms with Crippen molar-refractivity contribution >= 4 is 11.8 Å². The Balaban J connectivity index is 2.22. The number of hydrogen-bond acceptors (Lipinski definition) is 4. The van der Waals surface area contributed by atoms with Crippen molar-refractivity contribution in [2.45, 2.75) is 26.8 Å². The second-order valence-electron chi connectivity index (χ2n) is 5.33. The summed E-state index contributed by atoms with van der Waals surface area (Å²) in [4.78, 5) is 15.9. The van der Waals surface area contributed by atoms with E-state index in [0.717, 1.165) is 32.0 Å². The van der Waals surface area contributed by atoms with E-state index < -0.39 is 5.97 Å². The van der Waals surface area contributed by atoms with Gasteiger partial charge < -0.3 is 10.0 Å². The highest BCUT2D eigenvalue weighted by atomic mass is 16.4. The largest absolute Gasteiger partial charge is 0.477 e. The summed E-state index contributed by atoms with van der Waals surface area (Å²) in [5.41, 5.74) is 0.914. The molecule has 19 heavy (non-hydrogen) atoms. The molecular formula is C13H22N4O2. The van der Waals surface area contributed by atoms with Gasteiger partial charge in [0.25, 0.3) is 0 Å². The normalized spacial score (nSPS) is 17.2. The topological polar surface area (TPSA) is 61.6 Å². The highest BCUT2D eigenvalue weighted by Crippen LogP contribution is 2.24. The van der Waals surface area contributed by atoms with Crippen molar-refractivity contribution < 1.29 is 9.90 Å². The Kier molecular flexibility index (Phi) is 3.80. The first-order valence-electron chi connectivity index (χ1n) is 6.67. The van der Waals surface area contributed by atoms with Crippen LogP contribution >= 0.6 is 0 Å². The highest BCUT2D eigenvalue weighted by Gasteiger charge is 2.27. The fraction of sp³-hybridized carbons (Fsp3) is 0.692. The Morgan fingerprint density at radius 2 is 1.84 bits per heavy atom. The molecule has 0 unspecified atom stereocenters. The van der Waals surface area contributed by atoms with E-state index >= 15 is 0 Å². The van der Waals surface area contributed by atoms with Crippen molar-refractivity contribution in [2.75, 3.05) is 31.1 Å². The lowest BCUT2D eigenvalue weighted by Crippen LogP contribution is -2.49. The summed E-state index contributed by atoms with van der Waals surface area (Å²) < 4.78 is 1.68. The zero-order chi connectivity index (χ0) is 14.2. The molecule has 6 heteroatoms. The van der Waals surface area contributed by atoms with Crippen molar-refractivity contribution in [1.82, 2.24) is 14.7 Å². The summed E-state index contributed by atoms with van der Waals surface area (Å²) in [5.74, 6) is -0.166. The van der Waals surface area contributed by atoms with Crippen LogP contribution in [0, 0.1) is 6.92 Å². The summed E-state index contributed by atoms with van der Waals surface area (Å²) in [6.07, 6.45) is 0. The first kappa shape index (κ1) is 13.9. The van der Waals surface area contributed by atoms with Crippen molar-refractivity contribution in [3.05, 3.63) is 11.3 Å². The van der Waals surface area contributed by atoms with E-state index in [-0.39, 0.29) is 0 Å². The maximum absolute atomic E-state index is 11.4. The summed E-state index contributed by atoms with van der Waals surface area (Å²) in [7, 11) is 1.81. The van der Waals surface area contributed by atoms with Crippen LogP contribution in [0.1, 0.15) is 29.9 Å². The predicted molar refractivity (Wildman–Crippen MR) is 73.8 cm³/mol. The molecule has 1 aromatic rings. The minimum Gasteiger partial charge on any atom is -0.477 e. The molecule has 1 aromatic heterocycles. The molecule has 0 aromatic carbocycles. The molecule has 1 fully saturated rings. The second-order valence-corrected chi connectivity index (χ2v) is 5.33. The molecule has 0 radical (unpaired) electrons. The van der Waals surface area contributed by atoms with E-state index in [4.69, 9.17) is 0 Å². The number of aromatic nitrogens is 2. The molecule has 0 bridgehead atoms. The summed E-state index contributed by atoms with van der Waals surface area (Å²) >= 11 is 0. The Labute approximate surface area is 113 Å². The molecule has 1 aliphatic rings. The SMILES string of the molecule is Cc1nn(C)c(N2CCN(C(C)C)CC2)c1C(=O)O. The lowest BCUT2D eigenvalue weighted by Gasteiger charge is -2.38. The van der Waals surface area contributed by atoms with Crippen LogP contribution in [0.4, 0.5) is 5.82 Å². The Hall–Kier alpha value is -1.56. The third-order valence-electron chi connectivity index (χ3n) is 3.75. The number of hydrogen-bond donors (Lipinski definition) is 1. The van der Waals surface area contributed by atoms with Crippen LogP contribution in [0.2, 0.25) is 0 Å². The number of aryl methyl sites for hydroxylation is 2. The third kappa shape index (κ3) is 2.58. The molecule has 1 N–H and O–H groups in total. The van der Waals surface area contributed by atoms with Gasteiger partial charge in [-0.1, -0.05) is 0 Å². The first-order chi connectivity index (χ1) is 8.91. The molecule has 2 rings (SSSR count). The average Bonchev–Trinajstić information content (AvgIpc) is 2.64.